The van der Waals surface area contributed by atoms with E-state index in [4.69, 9.17) is 0 Å². The molecule has 2 rings (SSSR count). The Morgan fingerprint density at radius 1 is 1.42 bits per heavy atom. The number of nitrogens with one attached hydrogen (secondary N) is 1. The number of rotatable bonds is 5. The summed E-state index contributed by atoms with van der Waals surface area (Å²) >= 11 is 1.76. The summed E-state index contributed by atoms with van der Waals surface area (Å²) in [6.07, 6.45) is 5.29. The monoisotopic (exact) mass is 277 g/mol. The van der Waals surface area contributed by atoms with Gasteiger partial charge in [0.25, 0.3) is 5.69 Å². The highest BCUT2D eigenvalue weighted by atomic mass is 32.2. The van der Waals surface area contributed by atoms with Crippen LogP contribution < -0.4 is 5.32 Å². The highest BCUT2D eigenvalue weighted by molar-refractivity contribution is 7.98. The van der Waals surface area contributed by atoms with Gasteiger partial charge in [0.15, 0.2) is 0 Å². The Kier molecular flexibility index (Phi) is 4.21. The summed E-state index contributed by atoms with van der Waals surface area (Å²) in [7, 11) is 0. The summed E-state index contributed by atoms with van der Waals surface area (Å²) in [4.78, 5) is 14.7. The molecular formula is C13H15N3O2S. The standard InChI is InChI=1S/C13H15N3O2S/c1-9(8-19-2)15-12-3-4-13(16(17)18)10-5-6-14-7-11(10)12/h3-7,9,15H,8H2,1-2H3. The number of non-ortho nitro benzene ring substituents is 1. The van der Waals surface area contributed by atoms with Gasteiger partial charge in [-0.1, -0.05) is 0 Å². The Morgan fingerprint density at radius 3 is 2.89 bits per heavy atom. The van der Waals surface area contributed by atoms with Crippen molar-refractivity contribution in [2.24, 2.45) is 0 Å². The van der Waals surface area contributed by atoms with Crippen molar-refractivity contribution in [3.63, 3.8) is 0 Å². The van der Waals surface area contributed by atoms with Gasteiger partial charge in [-0.05, 0) is 25.3 Å². The average Bonchev–Trinajstić information content (AvgIpc) is 2.39. The zero-order valence-corrected chi connectivity index (χ0v) is 11.6. The summed E-state index contributed by atoms with van der Waals surface area (Å²) < 4.78 is 0. The van der Waals surface area contributed by atoms with Crippen LogP contribution in [0.2, 0.25) is 0 Å². The van der Waals surface area contributed by atoms with Crippen molar-refractivity contribution in [2.75, 3.05) is 17.3 Å². The second kappa shape index (κ2) is 5.88. The van der Waals surface area contributed by atoms with E-state index in [0.29, 0.717) is 11.4 Å². The molecule has 0 saturated carbocycles. The summed E-state index contributed by atoms with van der Waals surface area (Å²) in [5.41, 5.74) is 0.996. The third-order valence-electron chi connectivity index (χ3n) is 2.81. The lowest BCUT2D eigenvalue weighted by Crippen LogP contribution is -2.17. The summed E-state index contributed by atoms with van der Waals surface area (Å²) in [6, 6.07) is 5.26. The number of nitro groups is 1. The van der Waals surface area contributed by atoms with Crippen molar-refractivity contribution in [3.05, 3.63) is 40.7 Å². The predicted octanol–water partition coefficient (Wildman–Crippen LogP) is 3.31. The number of anilines is 1. The van der Waals surface area contributed by atoms with E-state index in [-0.39, 0.29) is 10.6 Å². The molecule has 1 aromatic heterocycles. The lowest BCUT2D eigenvalue weighted by molar-refractivity contribution is -0.383. The minimum atomic E-state index is -0.364. The molecule has 19 heavy (non-hydrogen) atoms. The van der Waals surface area contributed by atoms with Crippen molar-refractivity contribution in [1.29, 1.82) is 0 Å². The Bertz CT molecular complexity index is 603. The van der Waals surface area contributed by atoms with E-state index in [9.17, 15) is 10.1 Å². The molecule has 0 radical (unpaired) electrons. The first-order valence-corrected chi connectivity index (χ1v) is 7.29. The van der Waals surface area contributed by atoms with E-state index in [1.54, 1.807) is 36.3 Å². The van der Waals surface area contributed by atoms with Crippen molar-refractivity contribution in [3.8, 4) is 0 Å². The molecular weight excluding hydrogens is 262 g/mol. The van der Waals surface area contributed by atoms with Gasteiger partial charge in [-0.15, -0.1) is 0 Å². The number of nitrogens with zero attached hydrogens (tertiary/aromatic N) is 2. The molecule has 0 amide bonds. The van der Waals surface area contributed by atoms with Gasteiger partial charge in [-0.25, -0.2) is 0 Å². The fraction of sp³-hybridized carbons (Fsp3) is 0.308. The largest absolute Gasteiger partial charge is 0.381 e. The molecule has 1 unspecified atom stereocenters. The van der Waals surface area contributed by atoms with E-state index < -0.39 is 0 Å². The molecule has 5 nitrogen and oxygen atoms in total. The van der Waals surface area contributed by atoms with E-state index in [1.165, 1.54) is 6.07 Å². The normalized spacial score (nSPS) is 12.3. The van der Waals surface area contributed by atoms with Gasteiger partial charge in [0.2, 0.25) is 0 Å². The number of hydrogen-bond acceptors (Lipinski definition) is 5. The van der Waals surface area contributed by atoms with Crippen LogP contribution in [0.3, 0.4) is 0 Å². The Morgan fingerprint density at radius 2 is 2.21 bits per heavy atom. The van der Waals surface area contributed by atoms with Gasteiger partial charge in [0, 0.05) is 41.3 Å². The topological polar surface area (TPSA) is 68.1 Å². The van der Waals surface area contributed by atoms with Crippen molar-refractivity contribution >= 4 is 33.9 Å². The van der Waals surface area contributed by atoms with Crippen molar-refractivity contribution in [2.45, 2.75) is 13.0 Å². The molecule has 0 aliphatic carbocycles. The second-order valence-corrected chi connectivity index (χ2v) is 5.22. The minimum absolute atomic E-state index is 0.112. The summed E-state index contributed by atoms with van der Waals surface area (Å²) in [5, 5.41) is 15.8. The SMILES string of the molecule is CSCC(C)Nc1ccc([N+](=O)[O-])c2ccncc12. The molecule has 1 heterocycles. The summed E-state index contributed by atoms with van der Waals surface area (Å²) in [5.74, 6) is 0.971. The van der Waals surface area contributed by atoms with Gasteiger partial charge in [-0.2, -0.15) is 11.8 Å². The maximum absolute atomic E-state index is 11.0. The second-order valence-electron chi connectivity index (χ2n) is 4.31. The van der Waals surface area contributed by atoms with E-state index in [0.717, 1.165) is 16.8 Å². The number of benzene rings is 1. The first-order chi connectivity index (χ1) is 9.13. The van der Waals surface area contributed by atoms with Crippen molar-refractivity contribution < 1.29 is 4.92 Å². The molecule has 0 aliphatic rings. The molecule has 1 N–H and O–H groups in total. The first-order valence-electron chi connectivity index (χ1n) is 5.90. The molecule has 1 atom stereocenters. The third kappa shape index (κ3) is 2.96. The van der Waals surface area contributed by atoms with Crippen LogP contribution in [0.4, 0.5) is 11.4 Å². The maximum atomic E-state index is 11.0. The van der Waals surface area contributed by atoms with Crippen LogP contribution in [0.5, 0.6) is 0 Å². The number of pyridine rings is 1. The molecule has 2 aromatic rings. The molecule has 100 valence electrons. The smallest absolute Gasteiger partial charge is 0.277 e. The van der Waals surface area contributed by atoms with Crippen LogP contribution >= 0.6 is 11.8 Å². The number of hydrogen-bond donors (Lipinski definition) is 1. The van der Waals surface area contributed by atoms with Crippen LogP contribution in [-0.2, 0) is 0 Å². The third-order valence-corrected chi connectivity index (χ3v) is 3.64. The Labute approximate surface area is 115 Å². The van der Waals surface area contributed by atoms with Crippen LogP contribution in [0.25, 0.3) is 10.8 Å². The van der Waals surface area contributed by atoms with E-state index in [1.807, 2.05) is 6.26 Å². The lowest BCUT2D eigenvalue weighted by atomic mass is 10.1. The molecule has 1 aromatic carbocycles. The Balaban J connectivity index is 2.46. The van der Waals surface area contributed by atoms with Crippen LogP contribution in [-0.4, -0.2) is 28.0 Å². The predicted molar refractivity (Wildman–Crippen MR) is 79.9 cm³/mol. The molecule has 0 aliphatic heterocycles. The fourth-order valence-corrected chi connectivity index (χ4v) is 2.60. The van der Waals surface area contributed by atoms with Crippen molar-refractivity contribution in [1.82, 2.24) is 4.98 Å². The van der Waals surface area contributed by atoms with Gasteiger partial charge >= 0.3 is 0 Å². The number of nitro benzene ring substituents is 1. The lowest BCUT2D eigenvalue weighted by Gasteiger charge is -2.15. The molecule has 0 bridgehead atoms. The quantitative estimate of drug-likeness (QED) is 0.670. The average molecular weight is 277 g/mol. The molecule has 0 saturated heterocycles. The number of thioether (sulfide) groups is 1. The first kappa shape index (κ1) is 13.6. The molecule has 0 fully saturated rings. The van der Waals surface area contributed by atoms with Crippen LogP contribution in [0, 0.1) is 10.1 Å². The zero-order valence-electron chi connectivity index (χ0n) is 10.8. The number of aromatic nitrogens is 1. The number of fused-ring (bicyclic) bond motifs is 1. The maximum Gasteiger partial charge on any atom is 0.277 e. The van der Waals surface area contributed by atoms with Gasteiger partial charge < -0.3 is 5.32 Å². The van der Waals surface area contributed by atoms with Gasteiger partial charge in [0.05, 0.1) is 10.3 Å². The highest BCUT2D eigenvalue weighted by Gasteiger charge is 2.14. The fourth-order valence-electron chi connectivity index (χ4n) is 2.02. The van der Waals surface area contributed by atoms with E-state index >= 15 is 0 Å². The van der Waals surface area contributed by atoms with Crippen LogP contribution in [0.15, 0.2) is 30.6 Å². The molecule has 6 heteroatoms. The van der Waals surface area contributed by atoms with Crippen LogP contribution in [0.1, 0.15) is 6.92 Å². The summed E-state index contributed by atoms with van der Waals surface area (Å²) in [6.45, 7) is 2.08. The van der Waals surface area contributed by atoms with Gasteiger partial charge in [-0.3, -0.25) is 15.1 Å². The van der Waals surface area contributed by atoms with Gasteiger partial charge in [0.1, 0.15) is 0 Å². The molecule has 0 spiro atoms. The van der Waals surface area contributed by atoms with E-state index in [2.05, 4.69) is 17.2 Å². The Hall–Kier alpha value is -1.82. The highest BCUT2D eigenvalue weighted by Crippen LogP contribution is 2.31. The zero-order chi connectivity index (χ0) is 13.8. The minimum Gasteiger partial charge on any atom is -0.381 e.